The van der Waals surface area contributed by atoms with E-state index in [0.717, 1.165) is 5.76 Å². The number of furan rings is 1. The van der Waals surface area contributed by atoms with E-state index in [0.29, 0.717) is 38.5 Å². The number of nitrogens with zero attached hydrogens (tertiary/aromatic N) is 2. The maximum absolute atomic E-state index is 12.7. The molecule has 23 heavy (non-hydrogen) atoms. The van der Waals surface area contributed by atoms with Gasteiger partial charge in [-0.3, -0.25) is 4.90 Å². The Morgan fingerprint density at radius 2 is 1.91 bits per heavy atom. The molecule has 0 unspecified atom stereocenters. The zero-order valence-corrected chi connectivity index (χ0v) is 13.8. The fourth-order valence-corrected chi connectivity index (χ4v) is 4.12. The molecule has 0 bridgehead atoms. The van der Waals surface area contributed by atoms with Crippen molar-refractivity contribution in [3.63, 3.8) is 0 Å². The van der Waals surface area contributed by atoms with Crippen LogP contribution >= 0.6 is 0 Å². The van der Waals surface area contributed by atoms with Crippen LogP contribution in [0.2, 0.25) is 0 Å². The zero-order chi connectivity index (χ0) is 16.3. The van der Waals surface area contributed by atoms with Crippen LogP contribution in [0.25, 0.3) is 0 Å². The van der Waals surface area contributed by atoms with Crippen molar-refractivity contribution in [1.82, 2.24) is 9.21 Å². The van der Waals surface area contributed by atoms with Crippen molar-refractivity contribution in [2.45, 2.75) is 11.4 Å². The molecule has 0 saturated carbocycles. The lowest BCUT2D eigenvalue weighted by Gasteiger charge is -2.33. The quantitative estimate of drug-likeness (QED) is 0.833. The van der Waals surface area contributed by atoms with Gasteiger partial charge in [-0.25, -0.2) is 8.42 Å². The van der Waals surface area contributed by atoms with Crippen LogP contribution in [0.4, 0.5) is 0 Å². The first-order chi connectivity index (χ1) is 11.1. The molecule has 0 amide bonds. The monoisotopic (exact) mass is 336 g/mol. The van der Waals surface area contributed by atoms with Crippen LogP contribution in [0.15, 0.2) is 52.0 Å². The average molecular weight is 336 g/mol. The molecule has 0 aliphatic carbocycles. The standard InChI is InChI=1S/C16H20N2O4S/c1-21-14-4-2-6-16(12-14)23(19,20)18-9-7-17(8-10-18)13-15-5-3-11-22-15/h2-6,11-12H,7-10,13H2,1H3. The highest BCUT2D eigenvalue weighted by atomic mass is 32.2. The van der Waals surface area contributed by atoms with E-state index in [2.05, 4.69) is 4.90 Å². The first-order valence-electron chi connectivity index (χ1n) is 7.48. The molecule has 0 radical (unpaired) electrons. The molecule has 1 aliphatic heterocycles. The minimum absolute atomic E-state index is 0.274. The summed E-state index contributed by atoms with van der Waals surface area (Å²) in [6.45, 7) is 3.02. The van der Waals surface area contributed by atoms with E-state index in [1.54, 1.807) is 30.5 Å². The predicted octanol–water partition coefficient (Wildman–Crippen LogP) is 1.79. The molecular formula is C16H20N2O4S. The lowest BCUT2D eigenvalue weighted by atomic mass is 10.3. The molecule has 7 heteroatoms. The number of benzene rings is 1. The normalized spacial score (nSPS) is 17.3. The SMILES string of the molecule is COc1cccc(S(=O)(=O)N2CCN(Cc3ccco3)CC2)c1. The highest BCUT2D eigenvalue weighted by molar-refractivity contribution is 7.89. The van der Waals surface area contributed by atoms with E-state index in [4.69, 9.17) is 9.15 Å². The van der Waals surface area contributed by atoms with E-state index >= 15 is 0 Å². The minimum Gasteiger partial charge on any atom is -0.497 e. The second-order valence-corrected chi connectivity index (χ2v) is 7.38. The van der Waals surface area contributed by atoms with Gasteiger partial charge in [0.25, 0.3) is 0 Å². The number of hydrogen-bond donors (Lipinski definition) is 0. The summed E-state index contributed by atoms with van der Waals surface area (Å²) in [7, 11) is -1.95. The van der Waals surface area contributed by atoms with Crippen molar-refractivity contribution in [3.8, 4) is 5.75 Å². The van der Waals surface area contributed by atoms with Gasteiger partial charge in [0.2, 0.25) is 10.0 Å². The molecule has 2 heterocycles. The lowest BCUT2D eigenvalue weighted by molar-refractivity contribution is 0.171. The Bertz CT molecular complexity index is 735. The third kappa shape index (κ3) is 3.57. The van der Waals surface area contributed by atoms with Gasteiger partial charge in [0.15, 0.2) is 0 Å². The van der Waals surface area contributed by atoms with Crippen LogP contribution in [0.5, 0.6) is 5.75 Å². The van der Waals surface area contributed by atoms with Crippen molar-refractivity contribution in [2.75, 3.05) is 33.3 Å². The van der Waals surface area contributed by atoms with Crippen LogP contribution < -0.4 is 4.74 Å². The fourth-order valence-electron chi connectivity index (χ4n) is 2.66. The van der Waals surface area contributed by atoms with Crippen molar-refractivity contribution >= 4 is 10.0 Å². The number of methoxy groups -OCH3 is 1. The topological polar surface area (TPSA) is 63.0 Å². The summed E-state index contributed by atoms with van der Waals surface area (Å²) in [5.74, 6) is 1.44. The van der Waals surface area contributed by atoms with Gasteiger partial charge < -0.3 is 9.15 Å². The van der Waals surface area contributed by atoms with Gasteiger partial charge >= 0.3 is 0 Å². The molecule has 0 N–H and O–H groups in total. The summed E-state index contributed by atoms with van der Waals surface area (Å²) in [6.07, 6.45) is 1.65. The number of piperazine rings is 1. The minimum atomic E-state index is -3.48. The number of ether oxygens (including phenoxy) is 1. The van der Waals surface area contributed by atoms with E-state index in [1.807, 2.05) is 12.1 Å². The van der Waals surface area contributed by atoms with Crippen LogP contribution in [0.1, 0.15) is 5.76 Å². The molecule has 1 aliphatic rings. The fraction of sp³-hybridized carbons (Fsp3) is 0.375. The molecule has 1 aromatic carbocycles. The summed E-state index contributed by atoms with van der Waals surface area (Å²) < 4.78 is 37.4. The van der Waals surface area contributed by atoms with Gasteiger partial charge in [-0.2, -0.15) is 4.31 Å². The highest BCUT2D eigenvalue weighted by Crippen LogP contribution is 2.22. The second-order valence-electron chi connectivity index (χ2n) is 5.44. The molecule has 0 atom stereocenters. The van der Waals surface area contributed by atoms with E-state index < -0.39 is 10.0 Å². The lowest BCUT2D eigenvalue weighted by Crippen LogP contribution is -2.48. The van der Waals surface area contributed by atoms with Gasteiger partial charge in [0.1, 0.15) is 11.5 Å². The predicted molar refractivity (Wildman–Crippen MR) is 85.7 cm³/mol. The highest BCUT2D eigenvalue weighted by Gasteiger charge is 2.28. The Labute approximate surface area is 136 Å². The maximum atomic E-state index is 12.7. The number of sulfonamides is 1. The Kier molecular flexibility index (Phi) is 4.70. The Morgan fingerprint density at radius 3 is 2.57 bits per heavy atom. The molecule has 124 valence electrons. The molecule has 1 fully saturated rings. The second kappa shape index (κ2) is 6.74. The molecule has 3 rings (SSSR count). The van der Waals surface area contributed by atoms with E-state index in [9.17, 15) is 8.42 Å². The molecule has 0 spiro atoms. The Balaban J connectivity index is 1.66. The van der Waals surface area contributed by atoms with Crippen LogP contribution in [-0.2, 0) is 16.6 Å². The Morgan fingerprint density at radius 1 is 1.13 bits per heavy atom. The first kappa shape index (κ1) is 16.0. The number of rotatable bonds is 5. The summed E-state index contributed by atoms with van der Waals surface area (Å²) in [5.41, 5.74) is 0. The van der Waals surface area contributed by atoms with Gasteiger partial charge in [-0.1, -0.05) is 6.07 Å². The van der Waals surface area contributed by atoms with Gasteiger partial charge in [-0.15, -0.1) is 0 Å². The molecule has 6 nitrogen and oxygen atoms in total. The summed E-state index contributed by atoms with van der Waals surface area (Å²) >= 11 is 0. The van der Waals surface area contributed by atoms with Gasteiger partial charge in [0, 0.05) is 32.2 Å². The molecular weight excluding hydrogens is 316 g/mol. The average Bonchev–Trinajstić information content (AvgIpc) is 3.08. The zero-order valence-electron chi connectivity index (χ0n) is 13.0. The van der Waals surface area contributed by atoms with E-state index in [-0.39, 0.29) is 4.90 Å². The number of hydrogen-bond acceptors (Lipinski definition) is 5. The summed E-state index contributed by atoms with van der Waals surface area (Å²) in [6, 6.07) is 10.4. The van der Waals surface area contributed by atoms with Crippen molar-refractivity contribution in [2.24, 2.45) is 0 Å². The molecule has 2 aromatic rings. The molecule has 1 aromatic heterocycles. The largest absolute Gasteiger partial charge is 0.497 e. The van der Waals surface area contributed by atoms with Gasteiger partial charge in [-0.05, 0) is 24.3 Å². The Hall–Kier alpha value is -1.83. The van der Waals surface area contributed by atoms with Crippen LogP contribution in [-0.4, -0.2) is 50.9 Å². The summed E-state index contributed by atoms with van der Waals surface area (Å²) in [5, 5.41) is 0. The smallest absolute Gasteiger partial charge is 0.243 e. The first-order valence-corrected chi connectivity index (χ1v) is 8.92. The van der Waals surface area contributed by atoms with Crippen molar-refractivity contribution in [1.29, 1.82) is 0 Å². The maximum Gasteiger partial charge on any atom is 0.243 e. The van der Waals surface area contributed by atoms with Crippen molar-refractivity contribution in [3.05, 3.63) is 48.4 Å². The van der Waals surface area contributed by atoms with Gasteiger partial charge in [0.05, 0.1) is 24.8 Å². The van der Waals surface area contributed by atoms with Crippen LogP contribution in [0.3, 0.4) is 0 Å². The molecule has 1 saturated heterocycles. The van der Waals surface area contributed by atoms with Crippen molar-refractivity contribution < 1.29 is 17.6 Å². The van der Waals surface area contributed by atoms with Crippen LogP contribution in [0, 0.1) is 0 Å². The third-order valence-electron chi connectivity index (χ3n) is 3.97. The summed E-state index contributed by atoms with van der Waals surface area (Å²) in [4.78, 5) is 2.47. The third-order valence-corrected chi connectivity index (χ3v) is 5.86. The van der Waals surface area contributed by atoms with E-state index in [1.165, 1.54) is 11.4 Å².